The number of hydrogen-bond acceptors (Lipinski definition) is 6. The maximum Gasteiger partial charge on any atom is 0.692 e. The topological polar surface area (TPSA) is 191 Å². The van der Waals surface area contributed by atoms with Crippen molar-refractivity contribution in [1.29, 1.82) is 0 Å². The zero-order valence-electron chi connectivity index (χ0n) is 22.9. The lowest BCUT2D eigenvalue weighted by Gasteiger charge is -2.04. The Balaban J connectivity index is -0.000000640. The van der Waals surface area contributed by atoms with E-state index in [1.54, 1.807) is 0 Å². The highest BCUT2D eigenvalue weighted by atomic mass is 31.2. The predicted octanol–water partition coefficient (Wildman–Crippen LogP) is 4.14. The van der Waals surface area contributed by atoms with E-state index in [0.29, 0.717) is 19.5 Å². The molecule has 0 heterocycles. The Morgan fingerprint density at radius 3 is 1.14 bits per heavy atom. The summed E-state index contributed by atoms with van der Waals surface area (Å²) < 4.78 is 19.4. The number of nitrogens with two attached hydrogens (primary N) is 2. The lowest BCUT2D eigenvalue weighted by molar-refractivity contribution is 0.370. The molecular weight excluding hydrogens is 502 g/mol. The molecule has 0 atom stereocenters. The standard InChI is InChI=1S/C18H39O3P.C6H18N4.HO3P/c1-2-3-4-5-6-7-8-9-10-11-12-13-14-15-16-17-18-22(19,20)21;7-1-3-9-5-6-10-4-2-8;1-4(2)3/h2-18H2,1H3,(H2,19,20,21);9-10H,1-8H2;(H-,1,2,3)/p+1. The molecule has 0 bridgehead atoms. The molecule has 0 aromatic carbocycles. The van der Waals surface area contributed by atoms with Gasteiger partial charge in [0.05, 0.1) is 0 Å². The smallest absolute Gasteiger partial charge is 0.329 e. The molecule has 220 valence electrons. The highest BCUT2D eigenvalue weighted by molar-refractivity contribution is 7.51. The van der Waals surface area contributed by atoms with Gasteiger partial charge in [-0.2, -0.15) is 0 Å². The van der Waals surface area contributed by atoms with Crippen LogP contribution >= 0.6 is 15.9 Å². The van der Waals surface area contributed by atoms with Gasteiger partial charge in [-0.25, -0.2) is 0 Å². The van der Waals surface area contributed by atoms with Crippen molar-refractivity contribution in [2.24, 2.45) is 11.5 Å². The lowest BCUT2D eigenvalue weighted by atomic mass is 10.0. The molecule has 0 spiro atoms. The number of nitrogens with one attached hydrogen (secondary N) is 2. The van der Waals surface area contributed by atoms with E-state index >= 15 is 0 Å². The fraction of sp³-hybridized carbons (Fsp3) is 1.00. The highest BCUT2D eigenvalue weighted by Gasteiger charge is 2.10. The Bertz CT molecular complexity index is 462. The maximum absolute atomic E-state index is 10.7. The van der Waals surface area contributed by atoms with Crippen LogP contribution in [0.2, 0.25) is 0 Å². The monoisotopic (exact) mass is 561 g/mol. The van der Waals surface area contributed by atoms with Crippen LogP contribution in [0.25, 0.3) is 0 Å². The largest absolute Gasteiger partial charge is 0.692 e. The van der Waals surface area contributed by atoms with Crippen molar-refractivity contribution in [3.05, 3.63) is 0 Å². The molecule has 0 aliphatic heterocycles. The summed E-state index contributed by atoms with van der Waals surface area (Å²) in [6, 6.07) is 0. The first kappa shape index (κ1) is 40.5. The average Bonchev–Trinajstić information content (AvgIpc) is 2.80. The minimum atomic E-state index is -3.75. The van der Waals surface area contributed by atoms with Gasteiger partial charge in [-0.05, 0) is 6.42 Å². The van der Waals surface area contributed by atoms with Crippen molar-refractivity contribution < 1.29 is 28.7 Å². The normalized spacial score (nSPS) is 10.9. The molecule has 0 amide bonds. The molecule has 36 heavy (non-hydrogen) atoms. The van der Waals surface area contributed by atoms with E-state index in [4.69, 9.17) is 35.6 Å². The molecule has 0 aromatic heterocycles. The summed E-state index contributed by atoms with van der Waals surface area (Å²) in [4.78, 5) is 31.7. The van der Waals surface area contributed by atoms with Crippen LogP contribution in [0.1, 0.15) is 110 Å². The summed E-state index contributed by atoms with van der Waals surface area (Å²) in [5.41, 5.74) is 10.5. The summed E-state index contributed by atoms with van der Waals surface area (Å²) in [6.07, 6.45) is 20.6. The molecule has 10 N–H and O–H groups in total. The molecule has 0 aromatic rings. The van der Waals surface area contributed by atoms with Gasteiger partial charge in [-0.15, -0.1) is 9.79 Å². The number of unbranched alkanes of at least 4 members (excludes halogenated alkanes) is 15. The Morgan fingerprint density at radius 1 is 0.611 bits per heavy atom. The molecule has 0 saturated carbocycles. The third kappa shape index (κ3) is 54.8. The van der Waals surface area contributed by atoms with E-state index < -0.39 is 15.9 Å². The molecule has 0 fully saturated rings. The van der Waals surface area contributed by atoms with Gasteiger partial charge in [0.15, 0.2) is 0 Å². The van der Waals surface area contributed by atoms with Gasteiger partial charge in [0, 0.05) is 50.0 Å². The Kier molecular flexibility index (Phi) is 39.4. The predicted molar refractivity (Wildman–Crippen MR) is 152 cm³/mol. The van der Waals surface area contributed by atoms with Crippen molar-refractivity contribution in [3.63, 3.8) is 0 Å². The second-order valence-corrected chi connectivity index (χ2v) is 11.3. The van der Waals surface area contributed by atoms with Gasteiger partial charge in [-0.3, -0.25) is 4.57 Å². The second-order valence-electron chi connectivity index (χ2n) is 9.02. The van der Waals surface area contributed by atoms with E-state index in [1.807, 2.05) is 0 Å². The van der Waals surface area contributed by atoms with Gasteiger partial charge in [0.2, 0.25) is 0 Å². The summed E-state index contributed by atoms with van der Waals surface area (Å²) in [5, 5.41) is 6.33. The molecule has 0 rings (SSSR count). The van der Waals surface area contributed by atoms with Crippen molar-refractivity contribution in [2.45, 2.75) is 110 Å². The Labute approximate surface area is 221 Å². The molecule has 0 radical (unpaired) electrons. The molecule has 0 aliphatic carbocycles. The van der Waals surface area contributed by atoms with Gasteiger partial charge < -0.3 is 31.9 Å². The van der Waals surface area contributed by atoms with E-state index in [1.165, 1.54) is 83.5 Å². The van der Waals surface area contributed by atoms with Crippen molar-refractivity contribution in [2.75, 3.05) is 45.4 Å². The summed E-state index contributed by atoms with van der Waals surface area (Å²) in [6.45, 7) is 7.40. The molecular formula is C24H59N4O6P2+. The maximum atomic E-state index is 10.7. The van der Waals surface area contributed by atoms with Crippen LogP contribution in [0.3, 0.4) is 0 Å². The van der Waals surface area contributed by atoms with E-state index in [9.17, 15) is 4.57 Å². The van der Waals surface area contributed by atoms with Crippen LogP contribution in [0.15, 0.2) is 0 Å². The van der Waals surface area contributed by atoms with E-state index in [2.05, 4.69) is 17.6 Å². The van der Waals surface area contributed by atoms with Crippen LogP contribution in [0.4, 0.5) is 0 Å². The van der Waals surface area contributed by atoms with Gasteiger partial charge >= 0.3 is 15.9 Å². The zero-order valence-corrected chi connectivity index (χ0v) is 24.7. The Morgan fingerprint density at radius 2 is 0.889 bits per heavy atom. The van der Waals surface area contributed by atoms with Crippen molar-refractivity contribution >= 4 is 15.9 Å². The summed E-state index contributed by atoms with van der Waals surface area (Å²) in [7, 11) is -6.62. The Hall–Kier alpha value is 0.01000. The zero-order chi connectivity index (χ0) is 27.8. The van der Waals surface area contributed by atoms with Crippen LogP contribution in [0.5, 0.6) is 0 Å². The molecule has 0 unspecified atom stereocenters. The van der Waals surface area contributed by atoms with E-state index in [0.717, 1.165) is 39.0 Å². The van der Waals surface area contributed by atoms with E-state index in [-0.39, 0.29) is 6.16 Å². The molecule has 0 saturated heterocycles. The van der Waals surface area contributed by atoms with Crippen LogP contribution in [0, 0.1) is 0 Å². The van der Waals surface area contributed by atoms with Gasteiger partial charge in [-0.1, -0.05) is 103 Å². The first-order chi connectivity index (χ1) is 17.2. The van der Waals surface area contributed by atoms with Crippen LogP contribution in [-0.2, 0) is 9.13 Å². The fourth-order valence-electron chi connectivity index (χ4n) is 3.50. The quantitative estimate of drug-likeness (QED) is 0.0627. The SMILES string of the molecule is CCCCCCCCCCCCCCCCCCP(=O)(O)O.NCCNCCNCCN.O=[P+](O)O. The van der Waals surface area contributed by atoms with Crippen LogP contribution in [-0.4, -0.2) is 65.0 Å². The van der Waals surface area contributed by atoms with Gasteiger partial charge in [0.1, 0.15) is 0 Å². The van der Waals surface area contributed by atoms with Crippen LogP contribution < -0.4 is 22.1 Å². The lowest BCUT2D eigenvalue weighted by Crippen LogP contribution is -2.32. The average molecular weight is 562 g/mol. The second kappa shape index (κ2) is 35.0. The minimum absolute atomic E-state index is 0.0610. The first-order valence-electron chi connectivity index (χ1n) is 13.9. The molecule has 10 nitrogen and oxygen atoms in total. The van der Waals surface area contributed by atoms with Gasteiger partial charge in [0.25, 0.3) is 0 Å². The first-order valence-corrected chi connectivity index (χ1v) is 16.9. The molecule has 12 heteroatoms. The number of rotatable bonds is 24. The molecule has 0 aliphatic rings. The highest BCUT2D eigenvalue weighted by Crippen LogP contribution is 2.35. The van der Waals surface area contributed by atoms with Crippen molar-refractivity contribution in [3.8, 4) is 0 Å². The fourth-order valence-corrected chi connectivity index (χ4v) is 4.13. The summed E-state index contributed by atoms with van der Waals surface area (Å²) in [5.74, 6) is 0. The summed E-state index contributed by atoms with van der Waals surface area (Å²) >= 11 is 0. The third-order valence-electron chi connectivity index (χ3n) is 5.42. The number of hydrogen-bond donors (Lipinski definition) is 8. The van der Waals surface area contributed by atoms with Crippen molar-refractivity contribution in [1.82, 2.24) is 10.6 Å². The third-order valence-corrected chi connectivity index (χ3v) is 6.32. The minimum Gasteiger partial charge on any atom is -0.329 e.